The van der Waals surface area contributed by atoms with Gasteiger partial charge in [-0.15, -0.1) is 0 Å². The van der Waals surface area contributed by atoms with E-state index in [4.69, 9.17) is 4.74 Å². The lowest BCUT2D eigenvalue weighted by Crippen LogP contribution is -2.47. The van der Waals surface area contributed by atoms with Gasteiger partial charge in [0.2, 0.25) is 0 Å². The van der Waals surface area contributed by atoms with Gasteiger partial charge in [-0.05, 0) is 38.2 Å². The SMILES string of the molecule is CC(=O)c1c[nH]c(C(=O)O[C@H](C)C(=O)N[C@H]2CCC[C@H](C)[C@H]2C)c1. The topological polar surface area (TPSA) is 88.3 Å². The molecule has 1 aliphatic carbocycles. The van der Waals surface area contributed by atoms with Crippen molar-refractivity contribution in [1.82, 2.24) is 10.3 Å². The first kappa shape index (κ1) is 18.2. The molecular weight excluding hydrogens is 308 g/mol. The van der Waals surface area contributed by atoms with Gasteiger partial charge < -0.3 is 15.0 Å². The van der Waals surface area contributed by atoms with Crippen LogP contribution in [0.1, 0.15) is 67.8 Å². The molecule has 4 atom stereocenters. The zero-order chi connectivity index (χ0) is 17.9. The van der Waals surface area contributed by atoms with Crippen molar-refractivity contribution in [3.05, 3.63) is 23.5 Å². The summed E-state index contributed by atoms with van der Waals surface area (Å²) in [6, 6.07) is 1.55. The zero-order valence-corrected chi connectivity index (χ0v) is 14.7. The van der Waals surface area contributed by atoms with Crippen molar-refractivity contribution in [3.8, 4) is 0 Å². The molecule has 1 fully saturated rings. The number of aromatic amines is 1. The van der Waals surface area contributed by atoms with Crippen LogP contribution in [0.5, 0.6) is 0 Å². The molecule has 1 saturated carbocycles. The van der Waals surface area contributed by atoms with Crippen LogP contribution in [0.4, 0.5) is 0 Å². The van der Waals surface area contributed by atoms with E-state index in [1.165, 1.54) is 25.6 Å². The number of ether oxygens (including phenoxy) is 1. The second-order valence-electron chi connectivity index (χ2n) is 6.79. The van der Waals surface area contributed by atoms with Crippen molar-refractivity contribution in [3.63, 3.8) is 0 Å². The van der Waals surface area contributed by atoms with E-state index in [9.17, 15) is 14.4 Å². The van der Waals surface area contributed by atoms with Gasteiger partial charge in [-0.3, -0.25) is 9.59 Å². The number of Topliss-reactive ketones (excluding diaryl/α,β-unsaturated/α-hetero) is 1. The average Bonchev–Trinajstić information content (AvgIpc) is 3.02. The standard InChI is InChI=1S/C18H26N2O4/c1-10-6-5-7-15(11(10)2)20-17(22)13(4)24-18(23)16-8-14(9-19-16)12(3)21/h8-11,13,15,19H,5-7H2,1-4H3,(H,20,22)/t10-,11+,13+,15-/m0/s1. The monoisotopic (exact) mass is 334 g/mol. The second kappa shape index (κ2) is 7.64. The van der Waals surface area contributed by atoms with E-state index in [1.54, 1.807) is 6.92 Å². The quantitative estimate of drug-likeness (QED) is 0.640. The summed E-state index contributed by atoms with van der Waals surface area (Å²) in [6.45, 7) is 7.32. The fourth-order valence-corrected chi connectivity index (χ4v) is 3.08. The molecule has 1 aliphatic rings. The Hall–Kier alpha value is -2.11. The number of carbonyl (C=O) groups is 3. The second-order valence-corrected chi connectivity index (χ2v) is 6.79. The highest BCUT2D eigenvalue weighted by atomic mass is 16.5. The summed E-state index contributed by atoms with van der Waals surface area (Å²) >= 11 is 0. The number of rotatable bonds is 5. The Morgan fingerprint density at radius 3 is 2.62 bits per heavy atom. The van der Waals surface area contributed by atoms with Crippen molar-refractivity contribution < 1.29 is 19.1 Å². The van der Waals surface area contributed by atoms with Gasteiger partial charge in [-0.2, -0.15) is 0 Å². The Morgan fingerprint density at radius 2 is 2.00 bits per heavy atom. The van der Waals surface area contributed by atoms with E-state index in [-0.39, 0.29) is 23.4 Å². The highest BCUT2D eigenvalue weighted by molar-refractivity contribution is 5.98. The van der Waals surface area contributed by atoms with Crippen molar-refractivity contribution in [2.24, 2.45) is 11.8 Å². The molecule has 0 spiro atoms. The minimum absolute atomic E-state index is 0.122. The molecular formula is C18H26N2O4. The van der Waals surface area contributed by atoms with Crippen LogP contribution in [0, 0.1) is 11.8 Å². The van der Waals surface area contributed by atoms with Crippen LogP contribution in [0.3, 0.4) is 0 Å². The van der Waals surface area contributed by atoms with Gasteiger partial charge >= 0.3 is 5.97 Å². The molecule has 0 aromatic carbocycles. The largest absolute Gasteiger partial charge is 0.448 e. The first-order chi connectivity index (χ1) is 11.3. The maximum Gasteiger partial charge on any atom is 0.355 e. The zero-order valence-electron chi connectivity index (χ0n) is 14.7. The molecule has 1 aromatic rings. The van der Waals surface area contributed by atoms with E-state index in [2.05, 4.69) is 24.1 Å². The lowest BCUT2D eigenvalue weighted by molar-refractivity contribution is -0.130. The van der Waals surface area contributed by atoms with E-state index in [1.807, 2.05) is 0 Å². The molecule has 0 aliphatic heterocycles. The van der Waals surface area contributed by atoms with E-state index in [0.29, 0.717) is 17.4 Å². The predicted molar refractivity (Wildman–Crippen MR) is 89.8 cm³/mol. The van der Waals surface area contributed by atoms with Gasteiger partial charge in [0.05, 0.1) is 0 Å². The molecule has 0 saturated heterocycles. The van der Waals surface area contributed by atoms with Crippen LogP contribution < -0.4 is 5.32 Å². The van der Waals surface area contributed by atoms with E-state index >= 15 is 0 Å². The summed E-state index contributed by atoms with van der Waals surface area (Å²) in [7, 11) is 0. The summed E-state index contributed by atoms with van der Waals surface area (Å²) in [5.74, 6) is -0.0858. The molecule has 1 aromatic heterocycles. The summed E-state index contributed by atoms with van der Waals surface area (Å²) in [6.07, 6.45) is 3.81. The molecule has 24 heavy (non-hydrogen) atoms. The van der Waals surface area contributed by atoms with Crippen LogP contribution in [0.15, 0.2) is 12.3 Å². The fraction of sp³-hybridized carbons (Fsp3) is 0.611. The Bertz CT molecular complexity index is 622. The number of aromatic nitrogens is 1. The normalized spacial score (nSPS) is 24.9. The number of carbonyl (C=O) groups excluding carboxylic acids is 3. The Kier molecular flexibility index (Phi) is 5.80. The number of nitrogens with one attached hydrogen (secondary N) is 2. The van der Waals surface area contributed by atoms with Gasteiger partial charge in [0.25, 0.3) is 5.91 Å². The molecule has 0 unspecified atom stereocenters. The molecule has 0 radical (unpaired) electrons. The number of amides is 1. The van der Waals surface area contributed by atoms with Gasteiger partial charge in [-0.1, -0.05) is 26.7 Å². The maximum atomic E-state index is 12.3. The van der Waals surface area contributed by atoms with Crippen molar-refractivity contribution in [1.29, 1.82) is 0 Å². The number of hydrogen-bond donors (Lipinski definition) is 2. The lowest BCUT2D eigenvalue weighted by atomic mass is 9.78. The number of H-pyrrole nitrogens is 1. The van der Waals surface area contributed by atoms with Crippen molar-refractivity contribution in [2.75, 3.05) is 0 Å². The summed E-state index contributed by atoms with van der Waals surface area (Å²) in [5, 5.41) is 3.00. The molecule has 132 valence electrons. The smallest absolute Gasteiger partial charge is 0.355 e. The van der Waals surface area contributed by atoms with Crippen molar-refractivity contribution in [2.45, 2.75) is 59.1 Å². The minimum atomic E-state index is -0.883. The Balaban J connectivity index is 1.90. The van der Waals surface area contributed by atoms with Gasteiger partial charge in [0.15, 0.2) is 11.9 Å². The minimum Gasteiger partial charge on any atom is -0.448 e. The molecule has 1 amide bonds. The highest BCUT2D eigenvalue weighted by Gasteiger charge is 2.30. The summed E-state index contributed by atoms with van der Waals surface area (Å²) < 4.78 is 5.20. The van der Waals surface area contributed by atoms with E-state index < -0.39 is 12.1 Å². The van der Waals surface area contributed by atoms with Crippen molar-refractivity contribution >= 4 is 17.7 Å². The highest BCUT2D eigenvalue weighted by Crippen LogP contribution is 2.29. The maximum absolute atomic E-state index is 12.3. The molecule has 6 heteroatoms. The average molecular weight is 334 g/mol. The Labute approximate surface area is 142 Å². The van der Waals surface area contributed by atoms with Crippen LogP contribution in [0.2, 0.25) is 0 Å². The predicted octanol–water partition coefficient (Wildman–Crippen LogP) is 2.70. The summed E-state index contributed by atoms with van der Waals surface area (Å²) in [4.78, 5) is 38.3. The molecule has 0 bridgehead atoms. The lowest BCUT2D eigenvalue weighted by Gasteiger charge is -2.35. The van der Waals surface area contributed by atoms with Crippen LogP contribution in [-0.2, 0) is 9.53 Å². The van der Waals surface area contributed by atoms with Crippen LogP contribution >= 0.6 is 0 Å². The summed E-state index contributed by atoms with van der Waals surface area (Å²) in [5.41, 5.74) is 0.573. The van der Waals surface area contributed by atoms with Gasteiger partial charge in [-0.25, -0.2) is 4.79 Å². The van der Waals surface area contributed by atoms with Crippen LogP contribution in [0.25, 0.3) is 0 Å². The van der Waals surface area contributed by atoms with Gasteiger partial charge in [0.1, 0.15) is 5.69 Å². The number of esters is 1. The van der Waals surface area contributed by atoms with E-state index in [0.717, 1.165) is 12.8 Å². The fourth-order valence-electron chi connectivity index (χ4n) is 3.08. The van der Waals surface area contributed by atoms with Gasteiger partial charge in [0, 0.05) is 17.8 Å². The third kappa shape index (κ3) is 4.24. The number of ketones is 1. The molecule has 2 rings (SSSR count). The third-order valence-electron chi connectivity index (χ3n) is 5.00. The molecule has 6 nitrogen and oxygen atoms in total. The Morgan fingerprint density at radius 1 is 1.29 bits per heavy atom. The first-order valence-corrected chi connectivity index (χ1v) is 8.50. The first-order valence-electron chi connectivity index (χ1n) is 8.50. The third-order valence-corrected chi connectivity index (χ3v) is 5.00. The van der Waals surface area contributed by atoms with Crippen LogP contribution in [-0.4, -0.2) is 34.8 Å². The molecule has 1 heterocycles. The molecule has 2 N–H and O–H groups in total. The number of hydrogen-bond acceptors (Lipinski definition) is 4.